The number of aromatic nitrogens is 1. The summed E-state index contributed by atoms with van der Waals surface area (Å²) in [5, 5.41) is 0.685. The van der Waals surface area contributed by atoms with E-state index in [-0.39, 0.29) is 11.7 Å². The Bertz CT molecular complexity index is 1770. The number of halogens is 1. The van der Waals surface area contributed by atoms with Gasteiger partial charge in [-0.1, -0.05) is 59.3 Å². The summed E-state index contributed by atoms with van der Waals surface area (Å²) in [6.45, 7) is 5.83. The third kappa shape index (κ3) is 6.50. The van der Waals surface area contributed by atoms with Crippen molar-refractivity contribution in [3.63, 3.8) is 0 Å². The minimum atomic E-state index is -0.640. The van der Waals surface area contributed by atoms with Crippen molar-refractivity contribution in [1.29, 1.82) is 0 Å². The second-order valence-corrected chi connectivity index (χ2v) is 12.1. The molecule has 210 valence electrons. The lowest BCUT2D eigenvalue weighted by Crippen LogP contribution is -2.40. The highest BCUT2D eigenvalue weighted by atomic mass is 35.5. The molecule has 0 radical (unpaired) electrons. The van der Waals surface area contributed by atoms with Crippen LogP contribution in [-0.4, -0.2) is 22.9 Å². The molecule has 9 heteroatoms. The molecule has 0 amide bonds. The average Bonchev–Trinajstić information content (AvgIpc) is 3.26. The van der Waals surface area contributed by atoms with Crippen molar-refractivity contribution in [2.75, 3.05) is 6.26 Å². The molecule has 0 unspecified atom stereocenters. The molecule has 0 saturated carbocycles. The number of carbonyl (C=O) groups is 1. The van der Waals surface area contributed by atoms with E-state index in [1.54, 1.807) is 37.1 Å². The van der Waals surface area contributed by atoms with Crippen LogP contribution in [0.3, 0.4) is 0 Å². The first kappa shape index (κ1) is 28.9. The number of allylic oxidation sites excluding steroid dienone is 1. The second kappa shape index (κ2) is 12.5. The molecule has 6 nitrogen and oxygen atoms in total. The summed E-state index contributed by atoms with van der Waals surface area (Å²) in [6.07, 6.45) is 3.54. The summed E-state index contributed by atoms with van der Waals surface area (Å²) in [4.78, 5) is 33.4. The minimum Gasteiger partial charge on any atom is -0.489 e. The summed E-state index contributed by atoms with van der Waals surface area (Å²) in [5.41, 5.74) is 3.40. The Labute approximate surface area is 251 Å². The Morgan fingerprint density at radius 3 is 2.39 bits per heavy atom. The summed E-state index contributed by atoms with van der Waals surface area (Å²) in [5.74, 6) is 0.250. The predicted molar refractivity (Wildman–Crippen MR) is 165 cm³/mol. The molecule has 3 aromatic carbocycles. The fourth-order valence-electron chi connectivity index (χ4n) is 4.52. The van der Waals surface area contributed by atoms with Gasteiger partial charge in [-0.05, 0) is 86.2 Å². The molecule has 0 N–H and O–H groups in total. The van der Waals surface area contributed by atoms with E-state index in [1.807, 2.05) is 85.1 Å². The van der Waals surface area contributed by atoms with Crippen LogP contribution in [0.4, 0.5) is 0 Å². The molecule has 1 aromatic heterocycles. The average molecular weight is 605 g/mol. The first-order chi connectivity index (χ1) is 19.7. The van der Waals surface area contributed by atoms with Crippen LogP contribution in [0.25, 0.3) is 6.08 Å². The van der Waals surface area contributed by atoms with E-state index in [0.29, 0.717) is 32.2 Å². The zero-order valence-electron chi connectivity index (χ0n) is 23.1. The van der Waals surface area contributed by atoms with E-state index in [4.69, 9.17) is 21.1 Å². The molecule has 0 spiro atoms. The van der Waals surface area contributed by atoms with Crippen LogP contribution in [0.15, 0.2) is 98.7 Å². The number of hydrogen-bond acceptors (Lipinski definition) is 7. The highest BCUT2D eigenvalue weighted by Crippen LogP contribution is 2.32. The van der Waals surface area contributed by atoms with Crippen LogP contribution in [0.2, 0.25) is 5.02 Å². The van der Waals surface area contributed by atoms with Crippen molar-refractivity contribution in [3.8, 4) is 5.75 Å². The maximum absolute atomic E-state index is 13.8. The highest BCUT2D eigenvalue weighted by molar-refractivity contribution is 7.98. The maximum Gasteiger partial charge on any atom is 0.338 e. The van der Waals surface area contributed by atoms with Gasteiger partial charge in [0.1, 0.15) is 12.4 Å². The number of nitrogens with zero attached hydrogens (tertiary/aromatic N) is 2. The molecule has 0 aliphatic carbocycles. The molecule has 0 bridgehead atoms. The Kier molecular flexibility index (Phi) is 8.82. The summed E-state index contributed by atoms with van der Waals surface area (Å²) < 4.78 is 13.6. The molecule has 1 aliphatic heterocycles. The molecule has 41 heavy (non-hydrogen) atoms. The number of hydrogen-bond donors (Lipinski definition) is 0. The van der Waals surface area contributed by atoms with Crippen molar-refractivity contribution >= 4 is 46.7 Å². The van der Waals surface area contributed by atoms with E-state index in [2.05, 4.69) is 4.99 Å². The third-order valence-electron chi connectivity index (χ3n) is 6.51. The molecule has 0 saturated heterocycles. The van der Waals surface area contributed by atoms with E-state index >= 15 is 0 Å². The van der Waals surface area contributed by atoms with Gasteiger partial charge in [0.2, 0.25) is 0 Å². The zero-order chi connectivity index (χ0) is 29.1. The number of esters is 1. The van der Waals surface area contributed by atoms with E-state index in [1.165, 1.54) is 11.3 Å². The van der Waals surface area contributed by atoms with Crippen LogP contribution in [0.1, 0.15) is 43.5 Å². The van der Waals surface area contributed by atoms with Crippen molar-refractivity contribution in [2.24, 2.45) is 4.99 Å². The van der Waals surface area contributed by atoms with Gasteiger partial charge in [-0.2, -0.15) is 0 Å². The van der Waals surface area contributed by atoms with Crippen molar-refractivity contribution in [2.45, 2.75) is 44.4 Å². The van der Waals surface area contributed by atoms with Gasteiger partial charge < -0.3 is 9.47 Å². The first-order valence-electron chi connectivity index (χ1n) is 13.1. The van der Waals surface area contributed by atoms with Crippen LogP contribution < -0.4 is 19.6 Å². The van der Waals surface area contributed by atoms with Crippen LogP contribution in [0.5, 0.6) is 5.75 Å². The van der Waals surface area contributed by atoms with Crippen molar-refractivity contribution in [1.82, 2.24) is 4.57 Å². The molecule has 0 fully saturated rings. The topological polar surface area (TPSA) is 69.9 Å². The number of carbonyl (C=O) groups excluding carboxylic acids is 1. The molecular formula is C32H29ClN2O4S2. The number of benzene rings is 3. The molecule has 5 rings (SSSR count). The number of ether oxygens (including phenoxy) is 2. The maximum atomic E-state index is 13.8. The van der Waals surface area contributed by atoms with E-state index in [9.17, 15) is 9.59 Å². The second-order valence-electron chi connectivity index (χ2n) is 9.79. The quantitative estimate of drug-likeness (QED) is 0.178. The smallest absolute Gasteiger partial charge is 0.338 e. The fourth-order valence-corrected chi connectivity index (χ4v) is 6.10. The van der Waals surface area contributed by atoms with Crippen LogP contribution in [0, 0.1) is 0 Å². The van der Waals surface area contributed by atoms with Gasteiger partial charge in [0.05, 0.1) is 27.9 Å². The van der Waals surface area contributed by atoms with Gasteiger partial charge in [0.15, 0.2) is 4.80 Å². The lowest BCUT2D eigenvalue weighted by atomic mass is 9.96. The minimum absolute atomic E-state index is 0.210. The summed E-state index contributed by atoms with van der Waals surface area (Å²) in [6, 6.07) is 22.3. The molecule has 4 aromatic rings. The number of thiazole rings is 1. The zero-order valence-corrected chi connectivity index (χ0v) is 25.5. The van der Waals surface area contributed by atoms with Crippen molar-refractivity contribution < 1.29 is 14.3 Å². The largest absolute Gasteiger partial charge is 0.489 e. The van der Waals surface area contributed by atoms with Gasteiger partial charge in [-0.3, -0.25) is 9.36 Å². The van der Waals surface area contributed by atoms with Crippen molar-refractivity contribution in [3.05, 3.63) is 125 Å². The lowest BCUT2D eigenvalue weighted by molar-refractivity contribution is -0.143. The Balaban J connectivity index is 1.49. The fraction of sp³-hybridized carbons (Fsp3) is 0.219. The highest BCUT2D eigenvalue weighted by Gasteiger charge is 2.33. The molecule has 2 heterocycles. The summed E-state index contributed by atoms with van der Waals surface area (Å²) in [7, 11) is 0. The molecular weight excluding hydrogens is 576 g/mol. The van der Waals surface area contributed by atoms with Gasteiger partial charge in [-0.25, -0.2) is 9.79 Å². The third-order valence-corrected chi connectivity index (χ3v) is 8.49. The first-order valence-corrected chi connectivity index (χ1v) is 15.5. The Hall–Kier alpha value is -3.59. The lowest BCUT2D eigenvalue weighted by Gasteiger charge is -2.25. The van der Waals surface area contributed by atoms with Crippen LogP contribution >= 0.6 is 34.7 Å². The Morgan fingerprint density at radius 1 is 1.07 bits per heavy atom. The number of fused-ring (bicyclic) bond motifs is 1. The standard InChI is InChI=1S/C32H29ClN2O4S2/c1-19(2)39-31(37)28-20(3)34-32-35(29(28)23-9-15-26(40-4)16-10-23)30(36)27(41-32)17-21-7-13-25(14-8-21)38-18-22-5-11-24(33)12-6-22/h5-17,19,29H,18H2,1-4H3/b27-17-/t29-/m0/s1. The van der Waals surface area contributed by atoms with Gasteiger partial charge in [0, 0.05) is 9.92 Å². The predicted octanol–water partition coefficient (Wildman–Crippen LogP) is 6.14. The Morgan fingerprint density at radius 2 is 1.76 bits per heavy atom. The summed E-state index contributed by atoms with van der Waals surface area (Å²) >= 11 is 8.89. The van der Waals surface area contributed by atoms with E-state index in [0.717, 1.165) is 27.3 Å². The van der Waals surface area contributed by atoms with Gasteiger partial charge in [0.25, 0.3) is 5.56 Å². The molecule has 1 aliphatic rings. The number of thioether (sulfide) groups is 1. The molecule has 1 atom stereocenters. The van der Waals surface area contributed by atoms with Gasteiger partial charge >= 0.3 is 5.97 Å². The number of rotatable bonds is 8. The van der Waals surface area contributed by atoms with Gasteiger partial charge in [-0.15, -0.1) is 11.8 Å². The SMILES string of the molecule is CSc1ccc([C@H]2C(C(=O)OC(C)C)=C(C)N=c3s/c(=C\c4ccc(OCc5ccc(Cl)cc5)cc4)c(=O)n32)cc1. The normalized spacial score (nSPS) is 15.1. The monoisotopic (exact) mass is 604 g/mol. The van der Waals surface area contributed by atoms with Crippen LogP contribution in [-0.2, 0) is 16.1 Å². The van der Waals surface area contributed by atoms with E-state index < -0.39 is 12.0 Å².